The molecule has 0 spiro atoms. The van der Waals surface area contributed by atoms with Crippen molar-refractivity contribution in [2.24, 2.45) is 0 Å². The van der Waals surface area contributed by atoms with E-state index in [9.17, 15) is 9.90 Å². The summed E-state index contributed by atoms with van der Waals surface area (Å²) in [7, 11) is 0. The van der Waals surface area contributed by atoms with Gasteiger partial charge in [-0.05, 0) is 57.0 Å². The third-order valence-electron chi connectivity index (χ3n) is 3.72. The average Bonchev–Trinajstić information content (AvgIpc) is 2.91. The monoisotopic (exact) mass is 262 g/mol. The molecule has 1 aromatic rings. The van der Waals surface area contributed by atoms with Gasteiger partial charge in [-0.2, -0.15) is 0 Å². The number of amides is 1. The van der Waals surface area contributed by atoms with Gasteiger partial charge in [0.25, 0.3) is 5.91 Å². The van der Waals surface area contributed by atoms with Crippen molar-refractivity contribution in [3.63, 3.8) is 0 Å². The molecule has 0 bridgehead atoms. The summed E-state index contributed by atoms with van der Waals surface area (Å²) in [6, 6.07) is 5.45. The fraction of sp³-hybridized carbons (Fsp3) is 0.533. The van der Waals surface area contributed by atoms with E-state index in [1.165, 1.54) is 6.42 Å². The molecule has 4 heteroatoms. The lowest BCUT2D eigenvalue weighted by Crippen LogP contribution is -2.41. The molecule has 0 aromatic heterocycles. The van der Waals surface area contributed by atoms with Crippen LogP contribution in [-0.2, 0) is 0 Å². The number of benzene rings is 1. The number of rotatable bonds is 4. The first-order valence-corrected chi connectivity index (χ1v) is 6.94. The summed E-state index contributed by atoms with van der Waals surface area (Å²) >= 11 is 0. The van der Waals surface area contributed by atoms with Crippen LogP contribution in [0.1, 0.15) is 35.7 Å². The summed E-state index contributed by atoms with van der Waals surface area (Å²) in [5, 5.41) is 12.9. The molecule has 1 aliphatic rings. The van der Waals surface area contributed by atoms with Gasteiger partial charge in [-0.3, -0.25) is 4.79 Å². The summed E-state index contributed by atoms with van der Waals surface area (Å²) in [6.45, 7) is 6.32. The van der Waals surface area contributed by atoms with Crippen molar-refractivity contribution < 1.29 is 9.90 Å². The van der Waals surface area contributed by atoms with Gasteiger partial charge in [0.2, 0.25) is 0 Å². The van der Waals surface area contributed by atoms with E-state index in [2.05, 4.69) is 5.32 Å². The number of hydrogen-bond acceptors (Lipinski definition) is 3. The number of carbonyl (C=O) groups is 1. The number of hydrogen-bond donors (Lipinski definition) is 2. The van der Waals surface area contributed by atoms with E-state index in [0.29, 0.717) is 18.2 Å². The molecule has 19 heavy (non-hydrogen) atoms. The van der Waals surface area contributed by atoms with Crippen molar-refractivity contribution in [1.82, 2.24) is 10.2 Å². The maximum absolute atomic E-state index is 12.4. The first kappa shape index (κ1) is 13.9. The highest BCUT2D eigenvalue weighted by molar-refractivity contribution is 5.94. The van der Waals surface area contributed by atoms with E-state index in [0.717, 1.165) is 25.1 Å². The number of nitrogens with zero attached hydrogens (tertiary/aromatic N) is 1. The molecule has 1 aliphatic heterocycles. The molecule has 1 aromatic carbocycles. The third kappa shape index (κ3) is 3.26. The molecular formula is C15H22N2O2. The molecule has 1 saturated heterocycles. The number of carbonyl (C=O) groups excluding carboxylic acids is 1. The number of likely N-dealkylation sites (N-methyl/N-ethyl adjacent to an activating group) is 1. The zero-order valence-electron chi connectivity index (χ0n) is 11.6. The van der Waals surface area contributed by atoms with Crippen LogP contribution in [0.4, 0.5) is 0 Å². The van der Waals surface area contributed by atoms with Crippen LogP contribution in [0.25, 0.3) is 0 Å². The quantitative estimate of drug-likeness (QED) is 0.871. The number of aryl methyl sites for hydroxylation is 1. The van der Waals surface area contributed by atoms with Gasteiger partial charge < -0.3 is 15.3 Å². The van der Waals surface area contributed by atoms with Crippen LogP contribution < -0.4 is 5.32 Å². The van der Waals surface area contributed by atoms with Crippen molar-refractivity contribution in [2.45, 2.75) is 32.7 Å². The van der Waals surface area contributed by atoms with Crippen LogP contribution >= 0.6 is 0 Å². The number of nitrogens with one attached hydrogen (secondary N) is 1. The van der Waals surface area contributed by atoms with Gasteiger partial charge in [-0.25, -0.2) is 0 Å². The zero-order valence-corrected chi connectivity index (χ0v) is 11.6. The Labute approximate surface area is 114 Å². The van der Waals surface area contributed by atoms with Crippen molar-refractivity contribution in [3.8, 4) is 5.75 Å². The molecule has 1 amide bonds. The molecule has 1 heterocycles. The van der Waals surface area contributed by atoms with Gasteiger partial charge in [0, 0.05) is 24.7 Å². The minimum Gasteiger partial charge on any atom is -0.508 e. The largest absolute Gasteiger partial charge is 0.508 e. The van der Waals surface area contributed by atoms with Crippen LogP contribution in [0.5, 0.6) is 5.75 Å². The molecule has 4 nitrogen and oxygen atoms in total. The van der Waals surface area contributed by atoms with Crippen molar-refractivity contribution >= 4 is 5.91 Å². The number of phenolic OH excluding ortho intramolecular Hbond substituents is 1. The van der Waals surface area contributed by atoms with E-state index in [1.54, 1.807) is 25.1 Å². The summed E-state index contributed by atoms with van der Waals surface area (Å²) in [5.41, 5.74) is 1.39. The molecule has 0 aliphatic carbocycles. The lowest BCUT2D eigenvalue weighted by atomic mass is 10.1. The Morgan fingerprint density at radius 3 is 2.89 bits per heavy atom. The molecule has 0 radical (unpaired) electrons. The summed E-state index contributed by atoms with van der Waals surface area (Å²) in [6.07, 6.45) is 2.33. The van der Waals surface area contributed by atoms with Crippen molar-refractivity contribution in [1.29, 1.82) is 0 Å². The van der Waals surface area contributed by atoms with Crippen LogP contribution in [0, 0.1) is 6.92 Å². The molecule has 2 rings (SSSR count). The number of aromatic hydroxyl groups is 1. The molecule has 2 N–H and O–H groups in total. The average molecular weight is 262 g/mol. The van der Waals surface area contributed by atoms with Crippen LogP contribution in [0.2, 0.25) is 0 Å². The zero-order chi connectivity index (χ0) is 13.8. The van der Waals surface area contributed by atoms with Crippen LogP contribution in [0.3, 0.4) is 0 Å². The molecule has 1 atom stereocenters. The lowest BCUT2D eigenvalue weighted by molar-refractivity contribution is 0.0751. The molecule has 104 valence electrons. The Morgan fingerprint density at radius 1 is 1.53 bits per heavy atom. The summed E-state index contributed by atoms with van der Waals surface area (Å²) < 4.78 is 0. The Bertz CT molecular complexity index is 453. The topological polar surface area (TPSA) is 52.6 Å². The van der Waals surface area contributed by atoms with Gasteiger partial charge in [-0.15, -0.1) is 0 Å². The van der Waals surface area contributed by atoms with E-state index >= 15 is 0 Å². The fourth-order valence-corrected chi connectivity index (χ4v) is 2.51. The Balaban J connectivity index is 2.08. The fourth-order valence-electron chi connectivity index (χ4n) is 2.51. The highest BCUT2D eigenvalue weighted by Crippen LogP contribution is 2.18. The van der Waals surface area contributed by atoms with Gasteiger partial charge in [0.15, 0.2) is 0 Å². The molecule has 0 saturated carbocycles. The second-order valence-electron chi connectivity index (χ2n) is 5.14. The summed E-state index contributed by atoms with van der Waals surface area (Å²) in [5.74, 6) is 0.274. The predicted octanol–water partition coefficient (Wildman–Crippen LogP) is 1.91. The Morgan fingerprint density at radius 2 is 2.32 bits per heavy atom. The summed E-state index contributed by atoms with van der Waals surface area (Å²) in [4.78, 5) is 14.3. The Kier molecular flexibility index (Phi) is 4.43. The van der Waals surface area contributed by atoms with Crippen molar-refractivity contribution in [2.75, 3.05) is 19.6 Å². The van der Waals surface area contributed by atoms with Gasteiger partial charge in [-0.1, -0.05) is 0 Å². The van der Waals surface area contributed by atoms with Gasteiger partial charge in [0.1, 0.15) is 5.75 Å². The molecular weight excluding hydrogens is 240 g/mol. The van der Waals surface area contributed by atoms with E-state index in [4.69, 9.17) is 0 Å². The minimum absolute atomic E-state index is 0.0410. The maximum atomic E-state index is 12.4. The Hall–Kier alpha value is -1.55. The first-order chi connectivity index (χ1) is 9.11. The minimum atomic E-state index is 0.0410. The van der Waals surface area contributed by atoms with Gasteiger partial charge >= 0.3 is 0 Å². The standard InChI is InChI=1S/C15H22N2O2/c1-3-17(10-13-5-4-8-16-13)15(19)12-6-7-14(18)11(2)9-12/h6-7,9,13,16,18H,3-5,8,10H2,1-2H3. The second-order valence-corrected chi connectivity index (χ2v) is 5.14. The second kappa shape index (κ2) is 6.06. The predicted molar refractivity (Wildman–Crippen MR) is 75.4 cm³/mol. The van der Waals surface area contributed by atoms with E-state index < -0.39 is 0 Å². The smallest absolute Gasteiger partial charge is 0.253 e. The van der Waals surface area contributed by atoms with Gasteiger partial charge in [0.05, 0.1) is 0 Å². The highest BCUT2D eigenvalue weighted by Gasteiger charge is 2.21. The normalized spacial score (nSPS) is 18.5. The molecule has 1 fully saturated rings. The number of phenols is 1. The SMILES string of the molecule is CCN(CC1CCCN1)C(=O)c1ccc(O)c(C)c1. The first-order valence-electron chi connectivity index (χ1n) is 6.94. The van der Waals surface area contributed by atoms with E-state index in [1.807, 2.05) is 11.8 Å². The lowest BCUT2D eigenvalue weighted by Gasteiger charge is -2.24. The maximum Gasteiger partial charge on any atom is 0.253 e. The van der Waals surface area contributed by atoms with Crippen LogP contribution in [-0.4, -0.2) is 41.6 Å². The highest BCUT2D eigenvalue weighted by atomic mass is 16.3. The third-order valence-corrected chi connectivity index (χ3v) is 3.72. The van der Waals surface area contributed by atoms with Crippen molar-refractivity contribution in [3.05, 3.63) is 29.3 Å². The molecule has 1 unspecified atom stereocenters. The van der Waals surface area contributed by atoms with E-state index in [-0.39, 0.29) is 11.7 Å². The van der Waals surface area contributed by atoms with Crippen LogP contribution in [0.15, 0.2) is 18.2 Å².